The molecule has 0 bridgehead atoms. The molecule has 5 nitrogen and oxygen atoms in total. The molecule has 2 N–H and O–H groups in total. The second kappa shape index (κ2) is 8.06. The largest absolute Gasteiger partial charge is 0.488 e. The molecule has 2 amide bonds. The maximum Gasteiger partial charge on any atom is 0.251 e. The van der Waals surface area contributed by atoms with Gasteiger partial charge in [-0.05, 0) is 42.3 Å². The predicted molar refractivity (Wildman–Crippen MR) is 102 cm³/mol. The SMILES string of the molecule is CCc1ccccc1NC(=O)CNC(=O)C1=Cc2cc(Cl)ccc2OC1. The maximum absolute atomic E-state index is 12.3. The van der Waals surface area contributed by atoms with Gasteiger partial charge in [0.25, 0.3) is 5.91 Å². The van der Waals surface area contributed by atoms with E-state index in [-0.39, 0.29) is 25.0 Å². The molecule has 2 aromatic carbocycles. The summed E-state index contributed by atoms with van der Waals surface area (Å²) in [7, 11) is 0. The van der Waals surface area contributed by atoms with Gasteiger partial charge in [-0.1, -0.05) is 36.7 Å². The molecule has 0 aliphatic carbocycles. The summed E-state index contributed by atoms with van der Waals surface area (Å²) in [5, 5.41) is 6.01. The smallest absolute Gasteiger partial charge is 0.251 e. The standard InChI is InChI=1S/C20H19ClN2O3/c1-2-13-5-3-4-6-17(13)23-19(24)11-22-20(25)15-9-14-10-16(21)7-8-18(14)26-12-15/h3-10H,2,11-12H2,1H3,(H,22,25)(H,23,24). The quantitative estimate of drug-likeness (QED) is 0.847. The molecule has 1 heterocycles. The first-order valence-corrected chi connectivity index (χ1v) is 8.73. The lowest BCUT2D eigenvalue weighted by Crippen LogP contribution is -2.35. The third-order valence-electron chi connectivity index (χ3n) is 4.06. The molecular formula is C20H19ClN2O3. The summed E-state index contributed by atoms with van der Waals surface area (Å²) in [4.78, 5) is 24.4. The number of rotatable bonds is 5. The van der Waals surface area contributed by atoms with E-state index in [4.69, 9.17) is 16.3 Å². The molecule has 3 rings (SSSR count). The van der Waals surface area contributed by atoms with Gasteiger partial charge in [-0.3, -0.25) is 9.59 Å². The topological polar surface area (TPSA) is 67.4 Å². The number of fused-ring (bicyclic) bond motifs is 1. The number of para-hydroxylation sites is 1. The first-order chi connectivity index (χ1) is 12.6. The number of carbonyl (C=O) groups is 2. The zero-order valence-electron chi connectivity index (χ0n) is 14.3. The van der Waals surface area contributed by atoms with E-state index in [1.54, 1.807) is 24.3 Å². The number of nitrogens with one attached hydrogen (secondary N) is 2. The Balaban J connectivity index is 1.59. The Bertz CT molecular complexity index is 877. The number of carbonyl (C=O) groups excluding carboxylic acids is 2. The van der Waals surface area contributed by atoms with Crippen molar-refractivity contribution in [2.24, 2.45) is 0 Å². The Morgan fingerprint density at radius 3 is 2.81 bits per heavy atom. The number of benzene rings is 2. The Kier molecular flexibility index (Phi) is 5.58. The van der Waals surface area contributed by atoms with Crippen molar-refractivity contribution in [3.05, 3.63) is 64.2 Å². The fraction of sp³-hybridized carbons (Fsp3) is 0.200. The highest BCUT2D eigenvalue weighted by Gasteiger charge is 2.18. The van der Waals surface area contributed by atoms with Crippen molar-refractivity contribution in [3.63, 3.8) is 0 Å². The lowest BCUT2D eigenvalue weighted by molar-refractivity contribution is -0.121. The van der Waals surface area contributed by atoms with Crippen LogP contribution in [-0.2, 0) is 16.0 Å². The predicted octanol–water partition coefficient (Wildman–Crippen LogP) is 3.43. The normalized spacial score (nSPS) is 12.5. The molecule has 0 saturated heterocycles. The van der Waals surface area contributed by atoms with E-state index in [0.717, 1.165) is 23.2 Å². The van der Waals surface area contributed by atoms with E-state index in [2.05, 4.69) is 10.6 Å². The highest BCUT2D eigenvalue weighted by molar-refractivity contribution is 6.30. The monoisotopic (exact) mass is 370 g/mol. The summed E-state index contributed by atoms with van der Waals surface area (Å²) in [6.45, 7) is 2.06. The Morgan fingerprint density at radius 2 is 2.00 bits per heavy atom. The number of halogens is 1. The summed E-state index contributed by atoms with van der Waals surface area (Å²) in [5.74, 6) is 0.0643. The van der Waals surface area contributed by atoms with Crippen LogP contribution in [0.25, 0.3) is 6.08 Å². The van der Waals surface area contributed by atoms with Gasteiger partial charge in [-0.2, -0.15) is 0 Å². The van der Waals surface area contributed by atoms with Crippen LogP contribution in [0.4, 0.5) is 5.69 Å². The molecule has 2 aromatic rings. The van der Waals surface area contributed by atoms with Gasteiger partial charge in [-0.25, -0.2) is 0 Å². The summed E-state index contributed by atoms with van der Waals surface area (Å²) in [6, 6.07) is 12.8. The van der Waals surface area contributed by atoms with Crippen molar-refractivity contribution in [3.8, 4) is 5.75 Å². The van der Waals surface area contributed by atoms with Crippen molar-refractivity contribution < 1.29 is 14.3 Å². The summed E-state index contributed by atoms with van der Waals surface area (Å²) >= 11 is 5.97. The fourth-order valence-corrected chi connectivity index (χ4v) is 2.88. The average molecular weight is 371 g/mol. The molecule has 6 heteroatoms. The third-order valence-corrected chi connectivity index (χ3v) is 4.29. The van der Waals surface area contributed by atoms with E-state index in [1.165, 1.54) is 0 Å². The van der Waals surface area contributed by atoms with Crippen LogP contribution in [0, 0.1) is 0 Å². The first-order valence-electron chi connectivity index (χ1n) is 8.35. The molecule has 134 valence electrons. The molecule has 0 unspecified atom stereocenters. The van der Waals surface area contributed by atoms with Crippen LogP contribution in [0.15, 0.2) is 48.0 Å². The minimum absolute atomic E-state index is 0.114. The zero-order valence-corrected chi connectivity index (χ0v) is 15.1. The van der Waals surface area contributed by atoms with Crippen molar-refractivity contribution in [1.29, 1.82) is 0 Å². The number of anilines is 1. The molecule has 0 atom stereocenters. The van der Waals surface area contributed by atoms with Crippen LogP contribution in [0.1, 0.15) is 18.1 Å². The lowest BCUT2D eigenvalue weighted by atomic mass is 10.1. The van der Waals surface area contributed by atoms with Crippen LogP contribution in [0.3, 0.4) is 0 Å². The Hall–Kier alpha value is -2.79. The van der Waals surface area contributed by atoms with Gasteiger partial charge in [0.15, 0.2) is 0 Å². The highest BCUT2D eigenvalue weighted by atomic mass is 35.5. The molecule has 1 aliphatic heterocycles. The third kappa shape index (κ3) is 4.24. The molecule has 0 saturated carbocycles. The molecule has 26 heavy (non-hydrogen) atoms. The molecule has 0 radical (unpaired) electrons. The fourth-order valence-electron chi connectivity index (χ4n) is 2.70. The lowest BCUT2D eigenvalue weighted by Gasteiger charge is -2.18. The first kappa shape index (κ1) is 18.0. The minimum atomic E-state index is -0.338. The minimum Gasteiger partial charge on any atom is -0.488 e. The molecule has 1 aliphatic rings. The maximum atomic E-state index is 12.3. The molecule has 0 fully saturated rings. The number of aryl methyl sites for hydroxylation is 1. The van der Waals surface area contributed by atoms with E-state index in [9.17, 15) is 9.59 Å². The van der Waals surface area contributed by atoms with Gasteiger partial charge in [0.05, 0.1) is 12.1 Å². The molecule has 0 spiro atoms. The van der Waals surface area contributed by atoms with Gasteiger partial charge < -0.3 is 15.4 Å². The van der Waals surface area contributed by atoms with Crippen LogP contribution in [0.5, 0.6) is 5.75 Å². The van der Waals surface area contributed by atoms with Gasteiger partial charge in [0.1, 0.15) is 12.4 Å². The van der Waals surface area contributed by atoms with Crippen LogP contribution in [0.2, 0.25) is 5.02 Å². The number of hydrogen-bond acceptors (Lipinski definition) is 3. The van der Waals surface area contributed by atoms with Crippen molar-refractivity contribution in [1.82, 2.24) is 5.32 Å². The van der Waals surface area contributed by atoms with Gasteiger partial charge in [0.2, 0.25) is 5.91 Å². The second-order valence-corrected chi connectivity index (χ2v) is 6.32. The average Bonchev–Trinajstić information content (AvgIpc) is 2.66. The summed E-state index contributed by atoms with van der Waals surface area (Å²) < 4.78 is 5.56. The van der Waals surface area contributed by atoms with Gasteiger partial charge in [0, 0.05) is 16.3 Å². The molecular weight excluding hydrogens is 352 g/mol. The number of amides is 2. The van der Waals surface area contributed by atoms with Crippen LogP contribution < -0.4 is 15.4 Å². The second-order valence-electron chi connectivity index (χ2n) is 5.88. The summed E-state index contributed by atoms with van der Waals surface area (Å²) in [6.07, 6.45) is 2.54. The Labute approximate surface area is 157 Å². The number of ether oxygens (including phenoxy) is 1. The van der Waals surface area contributed by atoms with E-state index < -0.39 is 0 Å². The summed E-state index contributed by atoms with van der Waals surface area (Å²) in [5.41, 5.74) is 3.00. The zero-order chi connectivity index (χ0) is 18.5. The number of hydrogen-bond donors (Lipinski definition) is 2. The molecule has 0 aromatic heterocycles. The van der Waals surface area contributed by atoms with Crippen molar-refractivity contribution in [2.75, 3.05) is 18.5 Å². The van der Waals surface area contributed by atoms with Crippen LogP contribution >= 0.6 is 11.6 Å². The van der Waals surface area contributed by atoms with Crippen molar-refractivity contribution in [2.45, 2.75) is 13.3 Å². The van der Waals surface area contributed by atoms with E-state index >= 15 is 0 Å². The highest BCUT2D eigenvalue weighted by Crippen LogP contribution is 2.28. The van der Waals surface area contributed by atoms with E-state index in [0.29, 0.717) is 16.3 Å². The van der Waals surface area contributed by atoms with Crippen molar-refractivity contribution >= 4 is 35.2 Å². The van der Waals surface area contributed by atoms with Gasteiger partial charge >= 0.3 is 0 Å². The van der Waals surface area contributed by atoms with E-state index in [1.807, 2.05) is 31.2 Å². The Morgan fingerprint density at radius 1 is 1.19 bits per heavy atom. The van der Waals surface area contributed by atoms with Gasteiger partial charge in [-0.15, -0.1) is 0 Å². The van der Waals surface area contributed by atoms with Crippen LogP contribution in [-0.4, -0.2) is 25.0 Å².